The monoisotopic (exact) mass is 408 g/mol. The first-order valence-corrected chi connectivity index (χ1v) is 11.7. The first-order valence-electron chi connectivity index (χ1n) is 11.7. The topological polar surface area (TPSA) is 68.1 Å². The van der Waals surface area contributed by atoms with E-state index >= 15 is 0 Å². The first-order chi connectivity index (χ1) is 14.8. The molecule has 0 spiro atoms. The number of rotatable bonds is 6. The fourth-order valence-corrected chi connectivity index (χ4v) is 5.74. The van der Waals surface area contributed by atoms with Gasteiger partial charge in [-0.25, -0.2) is 0 Å². The minimum Gasteiger partial charge on any atom is -0.381 e. The molecule has 3 atom stereocenters. The van der Waals surface area contributed by atoms with Crippen molar-refractivity contribution in [1.82, 2.24) is 24.9 Å². The zero-order valence-electron chi connectivity index (χ0n) is 17.6. The van der Waals surface area contributed by atoms with Gasteiger partial charge >= 0.3 is 0 Å². The number of hydrogen-bond donors (Lipinski definition) is 1. The van der Waals surface area contributed by atoms with Crippen LogP contribution in [0.1, 0.15) is 44.6 Å². The van der Waals surface area contributed by atoms with Crippen molar-refractivity contribution in [3.05, 3.63) is 24.5 Å². The van der Waals surface area contributed by atoms with Crippen LogP contribution < -0.4 is 5.32 Å². The molecule has 4 heterocycles. The highest BCUT2D eigenvalue weighted by Crippen LogP contribution is 2.40. The highest BCUT2D eigenvalue weighted by Gasteiger charge is 2.41. The third-order valence-electron chi connectivity index (χ3n) is 7.52. The average molecular weight is 409 g/mol. The molecule has 1 N–H and O–H groups in total. The average Bonchev–Trinajstić information content (AvgIpc) is 3.20. The molecular formula is C23H32N6O. The van der Waals surface area contributed by atoms with Crippen molar-refractivity contribution in [1.29, 1.82) is 0 Å². The third kappa shape index (κ3) is 3.97. The van der Waals surface area contributed by atoms with Crippen molar-refractivity contribution < 1.29 is 4.74 Å². The zero-order chi connectivity index (χ0) is 19.9. The quantitative estimate of drug-likeness (QED) is 0.792. The normalized spacial score (nSPS) is 29.9. The molecule has 4 aliphatic rings. The van der Waals surface area contributed by atoms with Crippen LogP contribution in [-0.4, -0.2) is 63.8 Å². The van der Waals surface area contributed by atoms with Gasteiger partial charge in [0, 0.05) is 50.7 Å². The Morgan fingerprint density at radius 2 is 1.80 bits per heavy atom. The SMILES string of the molecule is c1nn(C2CC2)cc1-c1ccc(NC2CC3CN(CC4CCOCC4)C[C@@H]3C2)nn1. The van der Waals surface area contributed by atoms with Gasteiger partial charge in [0.05, 0.1) is 17.9 Å². The summed E-state index contributed by atoms with van der Waals surface area (Å²) in [6.45, 7) is 5.74. The van der Waals surface area contributed by atoms with E-state index in [0.29, 0.717) is 12.1 Å². The van der Waals surface area contributed by atoms with Gasteiger partial charge in [-0.05, 0) is 68.4 Å². The molecule has 2 aliphatic heterocycles. The van der Waals surface area contributed by atoms with Crippen LogP contribution in [0.2, 0.25) is 0 Å². The smallest absolute Gasteiger partial charge is 0.148 e. The summed E-state index contributed by atoms with van der Waals surface area (Å²) < 4.78 is 7.57. The van der Waals surface area contributed by atoms with Gasteiger partial charge in [-0.3, -0.25) is 4.68 Å². The molecule has 2 saturated heterocycles. The van der Waals surface area contributed by atoms with Gasteiger partial charge in [-0.2, -0.15) is 5.10 Å². The van der Waals surface area contributed by atoms with Gasteiger partial charge < -0.3 is 15.0 Å². The van der Waals surface area contributed by atoms with Crippen molar-refractivity contribution in [2.45, 2.75) is 50.6 Å². The maximum Gasteiger partial charge on any atom is 0.148 e. The summed E-state index contributed by atoms with van der Waals surface area (Å²) >= 11 is 0. The number of anilines is 1. The highest BCUT2D eigenvalue weighted by atomic mass is 16.5. The number of likely N-dealkylation sites (tertiary alicyclic amines) is 1. The summed E-state index contributed by atoms with van der Waals surface area (Å²) in [7, 11) is 0. The highest BCUT2D eigenvalue weighted by molar-refractivity contribution is 5.57. The molecule has 7 nitrogen and oxygen atoms in total. The second kappa shape index (κ2) is 7.93. The van der Waals surface area contributed by atoms with Crippen molar-refractivity contribution in [3.63, 3.8) is 0 Å². The molecule has 160 valence electrons. The molecule has 30 heavy (non-hydrogen) atoms. The zero-order valence-corrected chi connectivity index (χ0v) is 17.6. The molecule has 2 unspecified atom stereocenters. The lowest BCUT2D eigenvalue weighted by Crippen LogP contribution is -2.32. The minimum absolute atomic E-state index is 0.531. The van der Waals surface area contributed by atoms with Crippen LogP contribution >= 0.6 is 0 Å². The summed E-state index contributed by atoms with van der Waals surface area (Å²) in [5, 5.41) is 17.0. The maximum absolute atomic E-state index is 5.51. The summed E-state index contributed by atoms with van der Waals surface area (Å²) in [6, 6.07) is 5.27. The van der Waals surface area contributed by atoms with Gasteiger partial charge in [0.15, 0.2) is 0 Å². The summed E-state index contributed by atoms with van der Waals surface area (Å²) in [6.07, 6.45) is 11.5. The number of hydrogen-bond acceptors (Lipinski definition) is 6. The fourth-order valence-electron chi connectivity index (χ4n) is 5.74. The number of fused-ring (bicyclic) bond motifs is 1. The predicted molar refractivity (Wildman–Crippen MR) is 115 cm³/mol. The molecule has 0 amide bonds. The molecule has 0 aromatic carbocycles. The lowest BCUT2D eigenvalue weighted by Gasteiger charge is -2.27. The van der Waals surface area contributed by atoms with E-state index in [4.69, 9.17) is 4.74 Å². The molecule has 2 saturated carbocycles. The maximum atomic E-state index is 5.51. The Hall–Kier alpha value is -1.99. The van der Waals surface area contributed by atoms with E-state index in [-0.39, 0.29) is 0 Å². The van der Waals surface area contributed by atoms with Gasteiger partial charge in [0.2, 0.25) is 0 Å². The summed E-state index contributed by atoms with van der Waals surface area (Å²) in [4.78, 5) is 2.72. The molecule has 6 rings (SSSR count). The van der Waals surface area contributed by atoms with Crippen LogP contribution in [0.25, 0.3) is 11.3 Å². The van der Waals surface area contributed by atoms with Crippen LogP contribution in [0.15, 0.2) is 24.5 Å². The van der Waals surface area contributed by atoms with Gasteiger partial charge in [-0.15, -0.1) is 10.2 Å². The van der Waals surface area contributed by atoms with Gasteiger partial charge in [0.1, 0.15) is 5.82 Å². The summed E-state index contributed by atoms with van der Waals surface area (Å²) in [5.74, 6) is 3.42. The van der Waals surface area contributed by atoms with Crippen LogP contribution in [-0.2, 0) is 4.74 Å². The van der Waals surface area contributed by atoms with E-state index in [9.17, 15) is 0 Å². The number of nitrogens with zero attached hydrogens (tertiary/aromatic N) is 5. The molecule has 4 fully saturated rings. The van der Waals surface area contributed by atoms with Crippen LogP contribution in [0.3, 0.4) is 0 Å². The van der Waals surface area contributed by atoms with E-state index < -0.39 is 0 Å². The number of ether oxygens (including phenoxy) is 1. The second-order valence-electron chi connectivity index (χ2n) is 9.85. The standard InChI is InChI=1S/C23H32N6O/c1-2-21(1)29-15-19(11-24-29)22-3-4-23(27-26-22)25-20-9-17-13-28(14-18(17)10-20)12-16-5-7-30-8-6-16/h3-4,11,15-18,20-21H,1-2,5-10,12-14H2,(H,25,27)/t17-,18?,20?/m0/s1. The Morgan fingerprint density at radius 1 is 1.00 bits per heavy atom. The molecule has 0 bridgehead atoms. The molecule has 7 heteroatoms. The molecule has 0 radical (unpaired) electrons. The lowest BCUT2D eigenvalue weighted by atomic mass is 10.00. The van der Waals surface area contributed by atoms with E-state index in [1.54, 1.807) is 0 Å². The predicted octanol–water partition coefficient (Wildman–Crippen LogP) is 3.22. The van der Waals surface area contributed by atoms with Gasteiger partial charge in [-0.1, -0.05) is 0 Å². The van der Waals surface area contributed by atoms with Crippen molar-refractivity contribution in [2.75, 3.05) is 38.2 Å². The van der Waals surface area contributed by atoms with Crippen molar-refractivity contribution in [2.24, 2.45) is 17.8 Å². The van der Waals surface area contributed by atoms with E-state index in [1.165, 1.54) is 58.2 Å². The molecule has 2 aromatic rings. The number of nitrogens with one attached hydrogen (secondary N) is 1. The van der Waals surface area contributed by atoms with Crippen LogP contribution in [0.4, 0.5) is 5.82 Å². The molecule has 2 aliphatic carbocycles. The molecular weight excluding hydrogens is 376 g/mol. The van der Waals surface area contributed by atoms with Crippen molar-refractivity contribution in [3.8, 4) is 11.3 Å². The van der Waals surface area contributed by atoms with E-state index in [2.05, 4.69) is 48.5 Å². The summed E-state index contributed by atoms with van der Waals surface area (Å²) in [5.41, 5.74) is 1.96. The lowest BCUT2D eigenvalue weighted by molar-refractivity contribution is 0.0545. The Morgan fingerprint density at radius 3 is 2.50 bits per heavy atom. The fraction of sp³-hybridized carbons (Fsp3) is 0.696. The van der Waals surface area contributed by atoms with Crippen LogP contribution in [0.5, 0.6) is 0 Å². The Kier molecular flexibility index (Phi) is 4.96. The largest absolute Gasteiger partial charge is 0.381 e. The van der Waals surface area contributed by atoms with Gasteiger partial charge in [0.25, 0.3) is 0 Å². The third-order valence-corrected chi connectivity index (χ3v) is 7.52. The Balaban J connectivity index is 1.01. The van der Waals surface area contributed by atoms with Crippen LogP contribution in [0, 0.1) is 17.8 Å². The van der Waals surface area contributed by atoms with Crippen molar-refractivity contribution >= 4 is 5.82 Å². The first kappa shape index (κ1) is 18.8. The molecule has 2 aromatic heterocycles. The Bertz CT molecular complexity index is 843. The van der Waals surface area contributed by atoms with E-state index in [1.807, 2.05) is 6.20 Å². The minimum atomic E-state index is 0.531. The Labute approximate surface area is 178 Å². The second-order valence-corrected chi connectivity index (χ2v) is 9.85. The number of aromatic nitrogens is 4. The van der Waals surface area contributed by atoms with E-state index in [0.717, 1.165) is 48.0 Å².